The zero-order chi connectivity index (χ0) is 34.3. The van der Waals surface area contributed by atoms with Crippen LogP contribution in [0.15, 0.2) is 30.3 Å². The Morgan fingerprint density at radius 1 is 1.02 bits per heavy atom. The van der Waals surface area contributed by atoms with E-state index in [1.807, 2.05) is 78.8 Å². The van der Waals surface area contributed by atoms with Crippen molar-refractivity contribution in [3.05, 3.63) is 35.9 Å². The number of esters is 1. The summed E-state index contributed by atoms with van der Waals surface area (Å²) in [5.74, 6) is -1.79. The van der Waals surface area contributed by atoms with Gasteiger partial charge in [-0.15, -0.1) is 0 Å². The summed E-state index contributed by atoms with van der Waals surface area (Å²) in [4.78, 5) is 70.8. The summed E-state index contributed by atoms with van der Waals surface area (Å²) >= 11 is 0. The topological polar surface area (TPSA) is 128 Å². The molecule has 0 bridgehead atoms. The van der Waals surface area contributed by atoms with Crippen LogP contribution in [0, 0.1) is 11.3 Å². The lowest BCUT2D eigenvalue weighted by molar-refractivity contribution is -0.152. The molecule has 252 valence electrons. The highest BCUT2D eigenvalue weighted by Crippen LogP contribution is 2.29. The van der Waals surface area contributed by atoms with Crippen LogP contribution in [0.4, 0.5) is 0 Å². The molecule has 2 rings (SSSR count). The van der Waals surface area contributed by atoms with Crippen LogP contribution in [0.1, 0.15) is 73.8 Å². The highest BCUT2D eigenvalue weighted by Gasteiger charge is 2.42. The Kier molecular flexibility index (Phi) is 13.2. The quantitative estimate of drug-likeness (QED) is 0.321. The van der Waals surface area contributed by atoms with E-state index in [1.165, 1.54) is 23.8 Å². The molecule has 11 heteroatoms. The number of ether oxygens (including phenoxy) is 1. The number of hydrogen-bond donors (Lipinski definition) is 2. The number of carbonyl (C=O) groups is 5. The molecule has 0 spiro atoms. The van der Waals surface area contributed by atoms with Gasteiger partial charge in [-0.25, -0.2) is 4.79 Å². The summed E-state index contributed by atoms with van der Waals surface area (Å²) in [6, 6.07) is 7.16. The Morgan fingerprint density at radius 3 is 2.11 bits per heavy atom. The molecular formula is C34H55N5O6. The van der Waals surface area contributed by atoms with Crippen LogP contribution in [0.3, 0.4) is 0 Å². The van der Waals surface area contributed by atoms with E-state index in [4.69, 9.17) is 4.74 Å². The Hall–Kier alpha value is -3.47. The van der Waals surface area contributed by atoms with E-state index < -0.39 is 41.0 Å². The average Bonchev–Trinajstić information content (AvgIpc) is 3.47. The van der Waals surface area contributed by atoms with Crippen molar-refractivity contribution in [3.63, 3.8) is 0 Å². The molecule has 1 aliphatic heterocycles. The summed E-state index contributed by atoms with van der Waals surface area (Å²) in [6.45, 7) is 15.3. The number of rotatable bonds is 13. The summed E-state index contributed by atoms with van der Waals surface area (Å²) in [5, 5.41) is 6.20. The average molecular weight is 630 g/mol. The molecule has 1 heterocycles. The van der Waals surface area contributed by atoms with Gasteiger partial charge in [-0.2, -0.15) is 0 Å². The van der Waals surface area contributed by atoms with Crippen molar-refractivity contribution in [2.24, 2.45) is 11.3 Å². The van der Waals surface area contributed by atoms with Crippen LogP contribution >= 0.6 is 0 Å². The van der Waals surface area contributed by atoms with Crippen LogP contribution in [0.2, 0.25) is 0 Å². The first-order chi connectivity index (χ1) is 20.9. The maximum atomic E-state index is 14.2. The van der Waals surface area contributed by atoms with E-state index in [0.717, 1.165) is 5.56 Å². The SMILES string of the molecule is CN[C@H](C(=O)N[C@H](C(=O)N(C)[C@H](CN(CC(=O)N1CCCC1C(=O)OC)C(C)=O)C(C)C)C(C)(C)C)C(C)(C)c1ccccc1. The standard InChI is InChI=1S/C34H55N5O6/c1-22(2)26(20-38(23(3)40)21-27(41)39-19-15-18-25(39)32(44)45-11)37(10)31(43)29(33(4,5)6)36-30(42)28(35-9)34(7,8)24-16-13-12-14-17-24/h12-14,16-17,22,25-26,28-29,35H,15,18-21H2,1-11H3,(H,36,42)/t25?,26-,28-,29-/m1/s1. The van der Waals surface area contributed by atoms with Gasteiger partial charge in [-0.3, -0.25) is 19.2 Å². The normalized spacial score (nSPS) is 17.3. The fourth-order valence-electron chi connectivity index (χ4n) is 6.11. The van der Waals surface area contributed by atoms with Crippen molar-refractivity contribution in [1.29, 1.82) is 0 Å². The zero-order valence-corrected chi connectivity index (χ0v) is 29.1. The van der Waals surface area contributed by atoms with Crippen LogP contribution in [-0.2, 0) is 34.1 Å². The number of nitrogens with one attached hydrogen (secondary N) is 2. The summed E-state index contributed by atoms with van der Waals surface area (Å²) in [6.07, 6.45) is 1.19. The van der Waals surface area contributed by atoms with Gasteiger partial charge in [0.25, 0.3) is 0 Å². The second kappa shape index (κ2) is 15.7. The van der Waals surface area contributed by atoms with E-state index in [9.17, 15) is 24.0 Å². The second-order valence-corrected chi connectivity index (χ2v) is 14.0. The third kappa shape index (κ3) is 9.28. The Bertz CT molecular complexity index is 1200. The molecule has 1 aliphatic rings. The minimum Gasteiger partial charge on any atom is -0.467 e. The predicted octanol–water partition coefficient (Wildman–Crippen LogP) is 2.58. The molecular weight excluding hydrogens is 574 g/mol. The molecule has 1 fully saturated rings. The van der Waals surface area contributed by atoms with E-state index in [0.29, 0.717) is 19.4 Å². The van der Waals surface area contributed by atoms with Crippen LogP contribution in [0.5, 0.6) is 0 Å². The van der Waals surface area contributed by atoms with Gasteiger partial charge in [-0.1, -0.05) is 78.8 Å². The number of hydrogen-bond acceptors (Lipinski definition) is 7. The second-order valence-electron chi connectivity index (χ2n) is 14.0. The van der Waals surface area contributed by atoms with Crippen LogP contribution in [0.25, 0.3) is 0 Å². The molecule has 1 aromatic carbocycles. The third-order valence-corrected chi connectivity index (χ3v) is 9.03. The number of carbonyl (C=O) groups excluding carboxylic acids is 5. The minimum atomic E-state index is -0.864. The number of methoxy groups -OCH3 is 1. The molecule has 4 atom stereocenters. The summed E-state index contributed by atoms with van der Waals surface area (Å²) in [7, 11) is 4.70. The van der Waals surface area contributed by atoms with Gasteiger partial charge >= 0.3 is 5.97 Å². The summed E-state index contributed by atoms with van der Waals surface area (Å²) in [5.41, 5.74) is -0.220. The fourth-order valence-corrected chi connectivity index (χ4v) is 6.11. The Morgan fingerprint density at radius 2 is 1.62 bits per heavy atom. The lowest BCUT2D eigenvalue weighted by atomic mass is 9.76. The maximum absolute atomic E-state index is 14.2. The first kappa shape index (κ1) is 37.7. The molecule has 4 amide bonds. The van der Waals surface area contributed by atoms with E-state index >= 15 is 0 Å². The first-order valence-electron chi connectivity index (χ1n) is 15.8. The van der Waals surface area contributed by atoms with Gasteiger partial charge in [-0.05, 0) is 36.8 Å². The fraction of sp³-hybridized carbons (Fsp3) is 0.676. The predicted molar refractivity (Wildman–Crippen MR) is 174 cm³/mol. The third-order valence-electron chi connectivity index (χ3n) is 9.03. The molecule has 45 heavy (non-hydrogen) atoms. The highest BCUT2D eigenvalue weighted by atomic mass is 16.5. The minimum absolute atomic E-state index is 0.0797. The lowest BCUT2D eigenvalue weighted by Gasteiger charge is -2.41. The van der Waals surface area contributed by atoms with Gasteiger partial charge < -0.3 is 30.1 Å². The number of likely N-dealkylation sites (N-methyl/N-ethyl adjacent to an activating group) is 2. The molecule has 1 aromatic rings. The van der Waals surface area contributed by atoms with Gasteiger partial charge in [0.1, 0.15) is 12.1 Å². The van der Waals surface area contributed by atoms with Crippen molar-refractivity contribution in [2.45, 2.75) is 97.8 Å². The Labute approximate surface area is 269 Å². The lowest BCUT2D eigenvalue weighted by Crippen LogP contribution is -2.62. The number of likely N-dealkylation sites (tertiary alicyclic amines) is 1. The van der Waals surface area contributed by atoms with Crippen molar-refractivity contribution in [3.8, 4) is 0 Å². The maximum Gasteiger partial charge on any atom is 0.328 e. The molecule has 2 N–H and O–H groups in total. The van der Waals surface area contributed by atoms with E-state index in [2.05, 4.69) is 10.6 Å². The number of benzene rings is 1. The molecule has 0 radical (unpaired) electrons. The zero-order valence-electron chi connectivity index (χ0n) is 29.1. The van der Waals surface area contributed by atoms with E-state index in [-0.39, 0.29) is 42.6 Å². The largest absolute Gasteiger partial charge is 0.467 e. The van der Waals surface area contributed by atoms with Crippen molar-refractivity contribution in [1.82, 2.24) is 25.3 Å². The van der Waals surface area contributed by atoms with Crippen LogP contribution in [-0.4, -0.2) is 109 Å². The van der Waals surface area contributed by atoms with Crippen molar-refractivity contribution >= 4 is 29.6 Å². The molecule has 0 saturated carbocycles. The van der Waals surface area contributed by atoms with Crippen LogP contribution < -0.4 is 10.6 Å². The smallest absolute Gasteiger partial charge is 0.328 e. The van der Waals surface area contributed by atoms with E-state index in [1.54, 1.807) is 19.0 Å². The highest BCUT2D eigenvalue weighted by molar-refractivity contribution is 5.91. The molecule has 1 saturated heterocycles. The molecule has 1 unspecified atom stereocenters. The first-order valence-corrected chi connectivity index (χ1v) is 15.8. The molecule has 0 aromatic heterocycles. The van der Waals surface area contributed by atoms with Gasteiger partial charge in [0.05, 0.1) is 25.7 Å². The summed E-state index contributed by atoms with van der Waals surface area (Å²) < 4.78 is 4.87. The molecule has 0 aliphatic carbocycles. The van der Waals surface area contributed by atoms with Crippen molar-refractivity contribution in [2.75, 3.05) is 40.8 Å². The van der Waals surface area contributed by atoms with Gasteiger partial charge in [0, 0.05) is 32.5 Å². The number of amides is 4. The van der Waals surface area contributed by atoms with Gasteiger partial charge in [0.15, 0.2) is 0 Å². The number of nitrogens with zero attached hydrogens (tertiary/aromatic N) is 3. The van der Waals surface area contributed by atoms with Crippen molar-refractivity contribution < 1.29 is 28.7 Å². The molecule has 11 nitrogen and oxygen atoms in total. The monoisotopic (exact) mass is 629 g/mol. The van der Waals surface area contributed by atoms with Gasteiger partial charge in [0.2, 0.25) is 23.6 Å². The Balaban J connectivity index is 2.29.